The summed E-state index contributed by atoms with van der Waals surface area (Å²) in [7, 11) is 0. The van der Waals surface area contributed by atoms with Crippen molar-refractivity contribution < 1.29 is 23.9 Å². The number of urea groups is 1. The summed E-state index contributed by atoms with van der Waals surface area (Å²) in [4.78, 5) is 39.3. The second-order valence-electron chi connectivity index (χ2n) is 6.09. The predicted octanol–water partition coefficient (Wildman–Crippen LogP) is 2.41. The van der Waals surface area contributed by atoms with Gasteiger partial charge in [-0.05, 0) is 37.1 Å². The number of hydrogen-bond donors (Lipinski definition) is 2. The normalized spacial score (nSPS) is 11.7. The van der Waals surface area contributed by atoms with E-state index < -0.39 is 24.0 Å². The highest BCUT2D eigenvalue weighted by Crippen LogP contribution is 2.17. The topological polar surface area (TPSA) is 121 Å². The highest BCUT2D eigenvalue weighted by molar-refractivity contribution is 7.09. The van der Waals surface area contributed by atoms with Crippen LogP contribution < -0.4 is 15.8 Å². The fraction of sp³-hybridized carbons (Fsp3) is 0.333. The zero-order chi connectivity index (χ0) is 20.0. The van der Waals surface area contributed by atoms with Gasteiger partial charge in [0, 0.05) is 5.38 Å². The molecule has 0 fully saturated rings. The Morgan fingerprint density at radius 2 is 1.89 bits per heavy atom. The third kappa shape index (κ3) is 6.07. The first-order valence-electron chi connectivity index (χ1n) is 8.21. The molecule has 3 N–H and O–H groups in total. The molecule has 0 radical (unpaired) electrons. The van der Waals surface area contributed by atoms with Crippen molar-refractivity contribution >= 4 is 29.2 Å². The molecular weight excluding hydrogens is 370 g/mol. The van der Waals surface area contributed by atoms with E-state index in [0.717, 1.165) is 10.7 Å². The first-order chi connectivity index (χ1) is 12.8. The van der Waals surface area contributed by atoms with Crippen LogP contribution in [0.2, 0.25) is 0 Å². The van der Waals surface area contributed by atoms with Gasteiger partial charge in [-0.15, -0.1) is 11.3 Å². The van der Waals surface area contributed by atoms with Gasteiger partial charge in [0.1, 0.15) is 12.4 Å². The summed E-state index contributed by atoms with van der Waals surface area (Å²) in [6.07, 6.45) is -1.13. The summed E-state index contributed by atoms with van der Waals surface area (Å²) in [5.74, 6) is -1.21. The second kappa shape index (κ2) is 9.13. The van der Waals surface area contributed by atoms with Crippen molar-refractivity contribution in [1.29, 1.82) is 0 Å². The molecular formula is C18H21N3O5S. The first-order valence-corrected chi connectivity index (χ1v) is 9.09. The van der Waals surface area contributed by atoms with Crippen LogP contribution in [0.5, 0.6) is 5.75 Å². The van der Waals surface area contributed by atoms with Gasteiger partial charge in [-0.1, -0.05) is 13.8 Å². The summed E-state index contributed by atoms with van der Waals surface area (Å²) in [6, 6.07) is 5.33. The van der Waals surface area contributed by atoms with E-state index in [1.54, 1.807) is 37.3 Å². The van der Waals surface area contributed by atoms with E-state index in [4.69, 9.17) is 15.2 Å². The minimum atomic E-state index is -1.13. The molecule has 144 valence electrons. The summed E-state index contributed by atoms with van der Waals surface area (Å²) >= 11 is 1.55. The number of imide groups is 1. The molecule has 0 unspecified atom stereocenters. The number of amides is 3. The number of thiazole rings is 1. The van der Waals surface area contributed by atoms with Gasteiger partial charge in [-0.3, -0.25) is 10.1 Å². The lowest BCUT2D eigenvalue weighted by Gasteiger charge is -2.19. The lowest BCUT2D eigenvalue weighted by Crippen LogP contribution is -2.45. The summed E-state index contributed by atoms with van der Waals surface area (Å²) in [6.45, 7) is 5.63. The Kier molecular flexibility index (Phi) is 6.89. The molecule has 0 spiro atoms. The minimum Gasteiger partial charge on any atom is -0.487 e. The molecule has 0 bridgehead atoms. The smallest absolute Gasteiger partial charge is 0.338 e. The predicted molar refractivity (Wildman–Crippen MR) is 99.4 cm³/mol. The quantitative estimate of drug-likeness (QED) is 0.699. The van der Waals surface area contributed by atoms with Crippen LogP contribution in [0.1, 0.15) is 34.9 Å². The number of nitrogens with zero attached hydrogens (tertiary/aromatic N) is 1. The maximum atomic E-state index is 12.3. The minimum absolute atomic E-state index is 0.254. The molecule has 2 rings (SSSR count). The number of carbonyl (C=O) groups is 3. The van der Waals surface area contributed by atoms with Crippen molar-refractivity contribution in [3.63, 3.8) is 0 Å². The van der Waals surface area contributed by atoms with Crippen LogP contribution >= 0.6 is 11.3 Å². The van der Waals surface area contributed by atoms with E-state index in [2.05, 4.69) is 4.98 Å². The lowest BCUT2D eigenvalue weighted by atomic mass is 10.1. The standard InChI is InChI=1S/C18H21N3O5S/c1-10(2)15(16(22)21-18(19)24)26-17(23)12-4-6-14(7-5-12)25-8-13-9-27-11(3)20-13/h4-7,9-10,15H,8H2,1-3H3,(H3,19,21,22,24)/t15-/m0/s1. The van der Waals surface area contributed by atoms with E-state index in [9.17, 15) is 14.4 Å². The number of hydrogen-bond acceptors (Lipinski definition) is 7. The van der Waals surface area contributed by atoms with Gasteiger partial charge < -0.3 is 15.2 Å². The maximum absolute atomic E-state index is 12.3. The van der Waals surface area contributed by atoms with E-state index in [0.29, 0.717) is 12.4 Å². The highest BCUT2D eigenvalue weighted by Gasteiger charge is 2.27. The molecule has 0 saturated carbocycles. The van der Waals surface area contributed by atoms with Gasteiger partial charge in [-0.2, -0.15) is 0 Å². The van der Waals surface area contributed by atoms with Crippen LogP contribution in [-0.4, -0.2) is 29.0 Å². The third-order valence-corrected chi connectivity index (χ3v) is 4.31. The van der Waals surface area contributed by atoms with Crippen LogP contribution in [0.4, 0.5) is 4.79 Å². The SMILES string of the molecule is Cc1nc(COc2ccc(C(=O)O[C@H](C(=O)NC(N)=O)C(C)C)cc2)cs1. The molecule has 1 heterocycles. The molecule has 0 aliphatic heterocycles. The van der Waals surface area contributed by atoms with Crippen LogP contribution in [0, 0.1) is 12.8 Å². The monoisotopic (exact) mass is 391 g/mol. The molecule has 27 heavy (non-hydrogen) atoms. The zero-order valence-corrected chi connectivity index (χ0v) is 16.0. The number of ether oxygens (including phenoxy) is 2. The Morgan fingerprint density at radius 3 is 2.41 bits per heavy atom. The van der Waals surface area contributed by atoms with E-state index in [1.807, 2.05) is 17.6 Å². The van der Waals surface area contributed by atoms with Crippen molar-refractivity contribution in [1.82, 2.24) is 10.3 Å². The lowest BCUT2D eigenvalue weighted by molar-refractivity contribution is -0.130. The van der Waals surface area contributed by atoms with E-state index in [1.165, 1.54) is 12.1 Å². The number of aromatic nitrogens is 1. The Labute approximate surface area is 160 Å². The Balaban J connectivity index is 1.97. The van der Waals surface area contributed by atoms with Gasteiger partial charge in [0.25, 0.3) is 5.91 Å². The first kappa shape index (κ1) is 20.4. The maximum Gasteiger partial charge on any atom is 0.338 e. The molecule has 0 aliphatic carbocycles. The van der Waals surface area contributed by atoms with Crippen molar-refractivity contribution in [2.45, 2.75) is 33.5 Å². The van der Waals surface area contributed by atoms with E-state index in [-0.39, 0.29) is 11.5 Å². The number of aryl methyl sites for hydroxylation is 1. The molecule has 3 amide bonds. The van der Waals surface area contributed by atoms with Crippen LogP contribution in [0.15, 0.2) is 29.6 Å². The van der Waals surface area contributed by atoms with Crippen molar-refractivity contribution in [3.05, 3.63) is 45.9 Å². The van der Waals surface area contributed by atoms with Crippen molar-refractivity contribution in [2.24, 2.45) is 11.7 Å². The largest absolute Gasteiger partial charge is 0.487 e. The number of carbonyl (C=O) groups excluding carboxylic acids is 3. The van der Waals surface area contributed by atoms with Gasteiger partial charge in [-0.25, -0.2) is 14.6 Å². The van der Waals surface area contributed by atoms with Crippen molar-refractivity contribution in [2.75, 3.05) is 0 Å². The fourth-order valence-electron chi connectivity index (χ4n) is 2.19. The molecule has 0 saturated heterocycles. The summed E-state index contributed by atoms with van der Waals surface area (Å²) in [5, 5.41) is 4.81. The molecule has 9 heteroatoms. The van der Waals surface area contributed by atoms with Crippen LogP contribution in [0.25, 0.3) is 0 Å². The molecule has 1 atom stereocenters. The number of nitrogens with one attached hydrogen (secondary N) is 1. The molecule has 8 nitrogen and oxygen atoms in total. The molecule has 2 aromatic rings. The fourth-order valence-corrected chi connectivity index (χ4v) is 2.78. The van der Waals surface area contributed by atoms with Gasteiger partial charge >= 0.3 is 12.0 Å². The number of rotatable bonds is 7. The van der Waals surface area contributed by atoms with Crippen LogP contribution in [-0.2, 0) is 16.1 Å². The Bertz CT molecular complexity index is 817. The molecule has 1 aromatic carbocycles. The van der Waals surface area contributed by atoms with Gasteiger partial charge in [0.15, 0.2) is 6.10 Å². The third-order valence-electron chi connectivity index (χ3n) is 3.49. The zero-order valence-electron chi connectivity index (χ0n) is 15.2. The summed E-state index contributed by atoms with van der Waals surface area (Å²) < 4.78 is 10.8. The number of primary amides is 1. The molecule has 1 aromatic heterocycles. The van der Waals surface area contributed by atoms with Gasteiger partial charge in [0.2, 0.25) is 0 Å². The number of nitrogens with two attached hydrogens (primary N) is 1. The van der Waals surface area contributed by atoms with Crippen molar-refractivity contribution in [3.8, 4) is 5.75 Å². The number of benzene rings is 1. The average molecular weight is 391 g/mol. The Morgan fingerprint density at radius 1 is 1.22 bits per heavy atom. The average Bonchev–Trinajstić information content (AvgIpc) is 3.02. The Hall–Kier alpha value is -2.94. The van der Waals surface area contributed by atoms with Crippen LogP contribution in [0.3, 0.4) is 0 Å². The highest BCUT2D eigenvalue weighted by atomic mass is 32.1. The van der Waals surface area contributed by atoms with E-state index >= 15 is 0 Å². The summed E-state index contributed by atoms with van der Waals surface area (Å²) in [5.41, 5.74) is 6.02. The molecule has 0 aliphatic rings. The second-order valence-corrected chi connectivity index (χ2v) is 7.16. The van der Waals surface area contributed by atoms with Gasteiger partial charge in [0.05, 0.1) is 16.3 Å². The number of esters is 1.